The molecular formula is C17H19N3O4. The van der Waals surface area contributed by atoms with Crippen LogP contribution in [0.5, 0.6) is 11.5 Å². The van der Waals surface area contributed by atoms with E-state index in [4.69, 9.17) is 9.47 Å². The molecule has 0 bridgehead atoms. The van der Waals surface area contributed by atoms with Crippen LogP contribution >= 0.6 is 0 Å². The van der Waals surface area contributed by atoms with Crippen molar-refractivity contribution in [2.75, 3.05) is 24.0 Å². The average molecular weight is 329 g/mol. The van der Waals surface area contributed by atoms with E-state index in [-0.39, 0.29) is 19.3 Å². The van der Waals surface area contributed by atoms with Crippen molar-refractivity contribution in [1.82, 2.24) is 4.98 Å². The fraction of sp³-hybridized carbons (Fsp3) is 0.294. The van der Waals surface area contributed by atoms with E-state index in [1.807, 2.05) is 13.8 Å². The maximum atomic E-state index is 12.3. The number of hydrogen-bond donors (Lipinski definition) is 3. The minimum Gasteiger partial charge on any atom is -0.454 e. The lowest BCUT2D eigenvalue weighted by atomic mass is 10.1. The maximum absolute atomic E-state index is 12.3. The number of carbonyl (C=O) groups excluding carboxylic acids is 1. The van der Waals surface area contributed by atoms with Crippen molar-refractivity contribution < 1.29 is 19.4 Å². The van der Waals surface area contributed by atoms with Gasteiger partial charge in [-0.05, 0) is 44.2 Å². The quantitative estimate of drug-likeness (QED) is 0.779. The second-order valence-electron chi connectivity index (χ2n) is 6.12. The van der Waals surface area contributed by atoms with Gasteiger partial charge in [-0.25, -0.2) is 4.98 Å². The topological polar surface area (TPSA) is 92.7 Å². The molecule has 1 aromatic carbocycles. The number of fused-ring (bicyclic) bond motifs is 1. The number of rotatable bonds is 5. The largest absolute Gasteiger partial charge is 0.454 e. The first kappa shape index (κ1) is 16.1. The molecule has 1 aliphatic rings. The standard InChI is InChI=1S/C17H19N3O4/c1-17(2,9-21)20-15-6-4-12(8-18-15)19-16(22)11-3-5-13-14(7-11)24-10-23-13/h3-8,21H,9-10H2,1-2H3,(H,18,20)(H,19,22). The van der Waals surface area contributed by atoms with Crippen LogP contribution < -0.4 is 20.1 Å². The SMILES string of the molecule is CC(C)(CO)Nc1ccc(NC(=O)c2ccc3c(c2)OCO3)cn1. The van der Waals surface area contributed by atoms with Gasteiger partial charge in [0.25, 0.3) is 5.91 Å². The van der Waals surface area contributed by atoms with E-state index in [1.54, 1.807) is 36.5 Å². The Morgan fingerprint density at radius 2 is 2.04 bits per heavy atom. The smallest absolute Gasteiger partial charge is 0.255 e. The molecule has 126 valence electrons. The van der Waals surface area contributed by atoms with Gasteiger partial charge in [0.15, 0.2) is 11.5 Å². The lowest BCUT2D eigenvalue weighted by Gasteiger charge is -2.24. The van der Waals surface area contributed by atoms with Gasteiger partial charge < -0.3 is 25.2 Å². The third-order valence-corrected chi connectivity index (χ3v) is 3.52. The van der Waals surface area contributed by atoms with Crippen LogP contribution in [-0.4, -0.2) is 34.9 Å². The summed E-state index contributed by atoms with van der Waals surface area (Å²) in [5.41, 5.74) is 0.581. The molecule has 3 rings (SSSR count). The molecule has 1 amide bonds. The van der Waals surface area contributed by atoms with E-state index in [0.29, 0.717) is 28.6 Å². The molecule has 0 unspecified atom stereocenters. The Hall–Kier alpha value is -2.80. The summed E-state index contributed by atoms with van der Waals surface area (Å²) in [6, 6.07) is 8.51. The zero-order chi connectivity index (χ0) is 17.2. The highest BCUT2D eigenvalue weighted by atomic mass is 16.7. The Balaban J connectivity index is 1.66. The van der Waals surface area contributed by atoms with Gasteiger partial charge in [0.2, 0.25) is 6.79 Å². The van der Waals surface area contributed by atoms with Crippen LogP contribution in [0.4, 0.5) is 11.5 Å². The van der Waals surface area contributed by atoms with E-state index < -0.39 is 5.54 Å². The molecule has 0 spiro atoms. The molecule has 7 nitrogen and oxygen atoms in total. The summed E-state index contributed by atoms with van der Waals surface area (Å²) in [7, 11) is 0. The first-order valence-electron chi connectivity index (χ1n) is 7.53. The van der Waals surface area contributed by atoms with Crippen molar-refractivity contribution in [1.29, 1.82) is 0 Å². The molecule has 0 atom stereocenters. The fourth-order valence-corrected chi connectivity index (χ4v) is 2.17. The number of amides is 1. The highest BCUT2D eigenvalue weighted by Gasteiger charge is 2.17. The molecule has 0 saturated heterocycles. The Bertz CT molecular complexity index is 744. The van der Waals surface area contributed by atoms with Gasteiger partial charge in [-0.1, -0.05) is 0 Å². The number of aliphatic hydroxyl groups is 1. The van der Waals surface area contributed by atoms with Gasteiger partial charge in [-0.2, -0.15) is 0 Å². The van der Waals surface area contributed by atoms with Gasteiger partial charge >= 0.3 is 0 Å². The molecular weight excluding hydrogens is 310 g/mol. The summed E-state index contributed by atoms with van der Waals surface area (Å²) in [5, 5.41) is 15.1. The Labute approximate surface area is 139 Å². The van der Waals surface area contributed by atoms with Crippen LogP contribution in [0.25, 0.3) is 0 Å². The third-order valence-electron chi connectivity index (χ3n) is 3.52. The maximum Gasteiger partial charge on any atom is 0.255 e. The molecule has 0 saturated carbocycles. The van der Waals surface area contributed by atoms with E-state index in [0.717, 1.165) is 0 Å². The van der Waals surface area contributed by atoms with Crippen LogP contribution in [0, 0.1) is 0 Å². The highest BCUT2D eigenvalue weighted by Crippen LogP contribution is 2.32. The minimum atomic E-state index is -0.468. The Morgan fingerprint density at radius 1 is 1.25 bits per heavy atom. The summed E-state index contributed by atoms with van der Waals surface area (Å²) in [6.07, 6.45) is 1.56. The van der Waals surface area contributed by atoms with Crippen molar-refractivity contribution in [2.45, 2.75) is 19.4 Å². The highest BCUT2D eigenvalue weighted by molar-refractivity contribution is 6.04. The van der Waals surface area contributed by atoms with E-state index in [9.17, 15) is 9.90 Å². The zero-order valence-electron chi connectivity index (χ0n) is 13.5. The normalized spacial score (nSPS) is 12.8. The molecule has 0 aliphatic carbocycles. The molecule has 0 radical (unpaired) electrons. The number of aromatic nitrogens is 1. The summed E-state index contributed by atoms with van der Waals surface area (Å²) in [4.78, 5) is 16.5. The number of pyridine rings is 1. The van der Waals surface area contributed by atoms with Crippen LogP contribution in [0.2, 0.25) is 0 Å². The molecule has 7 heteroatoms. The van der Waals surface area contributed by atoms with Gasteiger partial charge in [0.1, 0.15) is 5.82 Å². The van der Waals surface area contributed by atoms with Crippen LogP contribution in [0.15, 0.2) is 36.5 Å². The lowest BCUT2D eigenvalue weighted by Crippen LogP contribution is -2.35. The molecule has 24 heavy (non-hydrogen) atoms. The predicted octanol–water partition coefficient (Wildman–Crippen LogP) is 2.25. The monoisotopic (exact) mass is 329 g/mol. The summed E-state index contributed by atoms with van der Waals surface area (Å²) >= 11 is 0. The first-order valence-corrected chi connectivity index (χ1v) is 7.53. The first-order chi connectivity index (χ1) is 11.5. The van der Waals surface area contributed by atoms with Crippen LogP contribution in [0.1, 0.15) is 24.2 Å². The van der Waals surface area contributed by atoms with Crippen molar-refractivity contribution >= 4 is 17.4 Å². The number of ether oxygens (including phenoxy) is 2. The van der Waals surface area contributed by atoms with Crippen molar-refractivity contribution in [3.8, 4) is 11.5 Å². The second-order valence-corrected chi connectivity index (χ2v) is 6.12. The number of nitrogens with zero attached hydrogens (tertiary/aromatic N) is 1. The number of anilines is 2. The molecule has 2 aromatic rings. The number of carbonyl (C=O) groups is 1. The summed E-state index contributed by atoms with van der Waals surface area (Å²) in [5.74, 6) is 1.56. The predicted molar refractivity (Wildman–Crippen MR) is 89.5 cm³/mol. The zero-order valence-corrected chi connectivity index (χ0v) is 13.5. The number of aliphatic hydroxyl groups excluding tert-OH is 1. The molecule has 1 aliphatic heterocycles. The Kier molecular flexibility index (Phi) is 4.26. The summed E-state index contributed by atoms with van der Waals surface area (Å²) < 4.78 is 10.5. The average Bonchev–Trinajstić information content (AvgIpc) is 3.04. The molecule has 0 fully saturated rings. The van der Waals surface area contributed by atoms with Crippen molar-refractivity contribution in [3.05, 3.63) is 42.1 Å². The van der Waals surface area contributed by atoms with Gasteiger partial charge in [0, 0.05) is 5.56 Å². The number of benzene rings is 1. The minimum absolute atomic E-state index is 0.0166. The van der Waals surface area contributed by atoms with Crippen LogP contribution in [-0.2, 0) is 0 Å². The number of hydrogen-bond acceptors (Lipinski definition) is 6. The van der Waals surface area contributed by atoms with Gasteiger partial charge in [0.05, 0.1) is 24.0 Å². The lowest BCUT2D eigenvalue weighted by molar-refractivity contribution is 0.102. The van der Waals surface area contributed by atoms with E-state index in [2.05, 4.69) is 15.6 Å². The third kappa shape index (κ3) is 3.57. The Morgan fingerprint density at radius 3 is 2.75 bits per heavy atom. The van der Waals surface area contributed by atoms with E-state index in [1.165, 1.54) is 0 Å². The molecule has 3 N–H and O–H groups in total. The van der Waals surface area contributed by atoms with Gasteiger partial charge in [-0.15, -0.1) is 0 Å². The summed E-state index contributed by atoms with van der Waals surface area (Å²) in [6.45, 7) is 3.88. The molecule has 1 aromatic heterocycles. The fourth-order valence-electron chi connectivity index (χ4n) is 2.17. The molecule has 2 heterocycles. The second kappa shape index (κ2) is 6.37. The van der Waals surface area contributed by atoms with Crippen molar-refractivity contribution in [2.24, 2.45) is 0 Å². The van der Waals surface area contributed by atoms with Crippen LogP contribution in [0.3, 0.4) is 0 Å². The van der Waals surface area contributed by atoms with Gasteiger partial charge in [-0.3, -0.25) is 4.79 Å². The van der Waals surface area contributed by atoms with Crippen molar-refractivity contribution in [3.63, 3.8) is 0 Å². The van der Waals surface area contributed by atoms with E-state index >= 15 is 0 Å². The number of nitrogens with one attached hydrogen (secondary N) is 2.